The molecule has 106 valence electrons. The van der Waals surface area contributed by atoms with Crippen LogP contribution in [0.5, 0.6) is 0 Å². The van der Waals surface area contributed by atoms with Gasteiger partial charge in [-0.05, 0) is 24.5 Å². The van der Waals surface area contributed by atoms with Crippen LogP contribution in [-0.4, -0.2) is 17.8 Å². The molecule has 1 rings (SSSR count). The van der Waals surface area contributed by atoms with E-state index in [0.717, 1.165) is 30.3 Å². The fraction of sp³-hybridized carbons (Fsp3) is 0.462. The number of carbonyl (C=O) groups is 1. The average molecular weight is 355 g/mol. The first kappa shape index (κ1) is 16.4. The van der Waals surface area contributed by atoms with E-state index in [1.54, 1.807) is 0 Å². The van der Waals surface area contributed by atoms with Crippen molar-refractivity contribution in [2.24, 2.45) is 5.92 Å². The third-order valence-electron chi connectivity index (χ3n) is 2.90. The first-order valence-corrected chi connectivity index (χ1v) is 7.48. The Morgan fingerprint density at radius 2 is 2.11 bits per heavy atom. The highest BCUT2D eigenvalue weighted by Crippen LogP contribution is 2.19. The maximum Gasteiger partial charge on any atom is 0.254 e. The summed E-state index contributed by atoms with van der Waals surface area (Å²) in [6, 6.07) is 1.63. The van der Waals surface area contributed by atoms with E-state index in [9.17, 15) is 13.6 Å². The predicted molar refractivity (Wildman–Crippen MR) is 75.9 cm³/mol. The molecule has 0 radical (unpaired) electrons. The number of hydrogen-bond acceptors (Lipinski definition) is 1. The van der Waals surface area contributed by atoms with E-state index >= 15 is 0 Å². The van der Waals surface area contributed by atoms with Gasteiger partial charge in [0.2, 0.25) is 0 Å². The Bertz CT molecular complexity index is 457. The van der Waals surface area contributed by atoms with E-state index in [2.05, 4.69) is 21.2 Å². The first-order chi connectivity index (χ1) is 8.99. The van der Waals surface area contributed by atoms with E-state index in [1.165, 1.54) is 0 Å². The Balaban J connectivity index is 2.70. The average Bonchev–Trinajstić information content (AvgIpc) is 2.38. The van der Waals surface area contributed by atoms with Crippen molar-refractivity contribution in [2.75, 3.05) is 11.9 Å². The molecule has 1 atom stereocenters. The van der Waals surface area contributed by atoms with Gasteiger partial charge < -0.3 is 5.32 Å². The summed E-state index contributed by atoms with van der Waals surface area (Å²) in [6.45, 7) is 2.45. The summed E-state index contributed by atoms with van der Waals surface area (Å²) >= 11 is 8.76. The summed E-state index contributed by atoms with van der Waals surface area (Å²) in [5.41, 5.74) is -0.324. The molecule has 0 aromatic heterocycles. The highest BCUT2D eigenvalue weighted by molar-refractivity contribution is 9.09. The number of hydrogen-bond donors (Lipinski definition) is 1. The van der Waals surface area contributed by atoms with Crippen LogP contribution in [0.3, 0.4) is 0 Å². The van der Waals surface area contributed by atoms with Crippen LogP contribution in [0.15, 0.2) is 12.1 Å². The number of alkyl halides is 1. The molecule has 0 aliphatic carbocycles. The second-order valence-electron chi connectivity index (χ2n) is 4.21. The van der Waals surface area contributed by atoms with Crippen LogP contribution in [0.4, 0.5) is 8.78 Å². The summed E-state index contributed by atoms with van der Waals surface area (Å²) in [5.74, 6) is -1.94. The zero-order valence-electron chi connectivity index (χ0n) is 10.5. The highest BCUT2D eigenvalue weighted by atomic mass is 79.9. The van der Waals surface area contributed by atoms with Crippen LogP contribution in [0.1, 0.15) is 30.1 Å². The molecule has 0 heterocycles. The molecule has 1 unspecified atom stereocenters. The minimum atomic E-state index is -0.822. The van der Waals surface area contributed by atoms with Crippen molar-refractivity contribution < 1.29 is 13.6 Å². The summed E-state index contributed by atoms with van der Waals surface area (Å²) in [5, 5.41) is 3.12. The number of benzene rings is 1. The molecule has 0 saturated heterocycles. The first-order valence-electron chi connectivity index (χ1n) is 5.98. The SMILES string of the molecule is CCC(CCBr)CNC(=O)c1cc(F)c(Cl)cc1F. The molecular weight excluding hydrogens is 340 g/mol. The molecule has 0 fully saturated rings. The van der Waals surface area contributed by atoms with Crippen molar-refractivity contribution in [3.63, 3.8) is 0 Å². The van der Waals surface area contributed by atoms with Gasteiger partial charge in [0, 0.05) is 11.9 Å². The molecule has 0 aliphatic heterocycles. The fourth-order valence-electron chi connectivity index (χ4n) is 1.63. The molecular formula is C13H15BrClF2NO. The number of amides is 1. The monoisotopic (exact) mass is 353 g/mol. The maximum atomic E-state index is 13.5. The molecule has 0 saturated carbocycles. The lowest BCUT2D eigenvalue weighted by Gasteiger charge is -2.14. The Morgan fingerprint density at radius 3 is 2.68 bits per heavy atom. The molecule has 1 aromatic rings. The second-order valence-corrected chi connectivity index (χ2v) is 5.41. The Kier molecular flexibility index (Phi) is 6.72. The van der Waals surface area contributed by atoms with Crippen molar-refractivity contribution in [1.82, 2.24) is 5.32 Å². The van der Waals surface area contributed by atoms with Gasteiger partial charge >= 0.3 is 0 Å². The smallest absolute Gasteiger partial charge is 0.254 e. The standard InChI is InChI=1S/C13H15BrClF2NO/c1-2-8(3-4-14)7-18-13(19)9-5-12(17)10(15)6-11(9)16/h5-6,8H,2-4,7H2,1H3,(H,18,19). The molecule has 19 heavy (non-hydrogen) atoms. The summed E-state index contributed by atoms with van der Waals surface area (Å²) in [6.07, 6.45) is 1.82. The van der Waals surface area contributed by atoms with Crippen molar-refractivity contribution >= 4 is 33.4 Å². The lowest BCUT2D eigenvalue weighted by molar-refractivity contribution is 0.0942. The van der Waals surface area contributed by atoms with Crippen LogP contribution in [-0.2, 0) is 0 Å². The molecule has 0 aliphatic rings. The van der Waals surface area contributed by atoms with Crippen LogP contribution in [0.2, 0.25) is 5.02 Å². The van der Waals surface area contributed by atoms with Crippen molar-refractivity contribution in [3.8, 4) is 0 Å². The van der Waals surface area contributed by atoms with Gasteiger partial charge in [0.05, 0.1) is 10.6 Å². The van der Waals surface area contributed by atoms with E-state index in [0.29, 0.717) is 12.5 Å². The van der Waals surface area contributed by atoms with Crippen molar-refractivity contribution in [2.45, 2.75) is 19.8 Å². The normalized spacial score (nSPS) is 12.3. The van der Waals surface area contributed by atoms with Gasteiger partial charge in [-0.2, -0.15) is 0 Å². The van der Waals surface area contributed by atoms with Crippen LogP contribution in [0, 0.1) is 17.6 Å². The van der Waals surface area contributed by atoms with E-state index in [4.69, 9.17) is 11.6 Å². The molecule has 6 heteroatoms. The van der Waals surface area contributed by atoms with E-state index < -0.39 is 17.5 Å². The second kappa shape index (κ2) is 7.80. The molecule has 1 aromatic carbocycles. The lowest BCUT2D eigenvalue weighted by Crippen LogP contribution is -2.30. The third kappa shape index (κ3) is 4.73. The number of carbonyl (C=O) groups excluding carboxylic acids is 1. The summed E-state index contributed by atoms with van der Waals surface area (Å²) in [7, 11) is 0. The summed E-state index contributed by atoms with van der Waals surface area (Å²) < 4.78 is 26.7. The lowest BCUT2D eigenvalue weighted by atomic mass is 10.0. The van der Waals surface area contributed by atoms with Crippen molar-refractivity contribution in [3.05, 3.63) is 34.4 Å². The van der Waals surface area contributed by atoms with E-state index in [-0.39, 0.29) is 10.6 Å². The minimum absolute atomic E-state index is 0.309. The minimum Gasteiger partial charge on any atom is -0.352 e. The molecule has 1 N–H and O–H groups in total. The highest BCUT2D eigenvalue weighted by Gasteiger charge is 2.16. The Labute approximate surface area is 124 Å². The van der Waals surface area contributed by atoms with Gasteiger partial charge in [-0.3, -0.25) is 4.79 Å². The summed E-state index contributed by atoms with van der Waals surface area (Å²) in [4.78, 5) is 11.8. The zero-order valence-corrected chi connectivity index (χ0v) is 12.8. The van der Waals surface area contributed by atoms with Gasteiger partial charge in [0.25, 0.3) is 5.91 Å². The largest absolute Gasteiger partial charge is 0.352 e. The number of nitrogens with one attached hydrogen (secondary N) is 1. The van der Waals surface area contributed by atoms with Crippen LogP contribution < -0.4 is 5.32 Å². The Morgan fingerprint density at radius 1 is 1.42 bits per heavy atom. The van der Waals surface area contributed by atoms with Crippen LogP contribution >= 0.6 is 27.5 Å². The van der Waals surface area contributed by atoms with E-state index in [1.807, 2.05) is 6.92 Å². The molecule has 1 amide bonds. The Hall–Kier alpha value is -0.680. The van der Waals surface area contributed by atoms with Crippen molar-refractivity contribution in [1.29, 1.82) is 0 Å². The third-order valence-corrected chi connectivity index (χ3v) is 3.65. The van der Waals surface area contributed by atoms with Gasteiger partial charge in [-0.15, -0.1) is 0 Å². The molecule has 0 bridgehead atoms. The van der Waals surface area contributed by atoms with Crippen LogP contribution in [0.25, 0.3) is 0 Å². The quantitative estimate of drug-likeness (QED) is 0.603. The maximum absolute atomic E-state index is 13.5. The number of halogens is 4. The zero-order chi connectivity index (χ0) is 14.4. The molecule has 2 nitrogen and oxygen atoms in total. The fourth-order valence-corrected chi connectivity index (χ4v) is 2.43. The molecule has 0 spiro atoms. The predicted octanol–water partition coefficient (Wildman–Crippen LogP) is 4.16. The van der Waals surface area contributed by atoms with Gasteiger partial charge in [-0.25, -0.2) is 8.78 Å². The van der Waals surface area contributed by atoms with Gasteiger partial charge in [0.1, 0.15) is 11.6 Å². The topological polar surface area (TPSA) is 29.1 Å². The number of rotatable bonds is 6. The van der Waals surface area contributed by atoms with Gasteiger partial charge in [-0.1, -0.05) is 40.9 Å². The van der Waals surface area contributed by atoms with Gasteiger partial charge in [0.15, 0.2) is 0 Å².